The van der Waals surface area contributed by atoms with Gasteiger partial charge in [0.2, 0.25) is 12.1 Å². The molecule has 0 spiro atoms. The molecule has 4 heterocycles. The first kappa shape index (κ1) is 16.6. The molecule has 2 aliphatic rings. The molecule has 1 saturated heterocycles. The van der Waals surface area contributed by atoms with Crippen molar-refractivity contribution in [1.82, 2.24) is 19.5 Å². The summed E-state index contributed by atoms with van der Waals surface area (Å²) >= 11 is 0. The van der Waals surface area contributed by atoms with Gasteiger partial charge >= 0.3 is 0 Å². The molecular weight excluding hydrogens is 337 g/mol. The quantitative estimate of drug-likeness (QED) is 0.822. The van der Waals surface area contributed by atoms with Gasteiger partial charge in [-0.1, -0.05) is 0 Å². The number of alkyl halides is 1. The van der Waals surface area contributed by atoms with Crippen LogP contribution in [0.3, 0.4) is 0 Å². The number of guanidine groups is 1. The molecule has 2 aromatic rings. The zero-order valence-electron chi connectivity index (χ0n) is 14.9. The van der Waals surface area contributed by atoms with Crippen molar-refractivity contribution in [1.29, 1.82) is 0 Å². The Morgan fingerprint density at radius 3 is 2.81 bits per heavy atom. The Bertz CT molecular complexity index is 928. The van der Waals surface area contributed by atoms with Crippen LogP contribution >= 0.6 is 0 Å². The maximum absolute atomic E-state index is 13.5. The van der Waals surface area contributed by atoms with Crippen LogP contribution in [0, 0.1) is 12.8 Å². The molecule has 1 atom stereocenters. The van der Waals surface area contributed by atoms with Gasteiger partial charge in [0, 0.05) is 50.4 Å². The lowest BCUT2D eigenvalue weighted by molar-refractivity contribution is -0.120. The highest BCUT2D eigenvalue weighted by Gasteiger charge is 2.32. The van der Waals surface area contributed by atoms with Crippen LogP contribution in [0.25, 0.3) is 5.65 Å². The molecule has 2 aliphatic heterocycles. The van der Waals surface area contributed by atoms with Crippen LogP contribution in [0.1, 0.15) is 12.6 Å². The number of aromatic nitrogens is 3. The molecule has 1 amide bonds. The monoisotopic (exact) mass is 357 g/mol. The predicted molar refractivity (Wildman–Crippen MR) is 96.5 cm³/mol. The number of nitrogens with zero attached hydrogens (tertiary/aromatic N) is 7. The molecule has 1 fully saturated rings. The van der Waals surface area contributed by atoms with E-state index in [-0.39, 0.29) is 11.7 Å². The lowest BCUT2D eigenvalue weighted by Gasteiger charge is -2.42. The Morgan fingerprint density at radius 1 is 1.31 bits per heavy atom. The number of hydrogen-bond donors (Lipinski definition) is 0. The minimum absolute atomic E-state index is 0.162. The second kappa shape index (κ2) is 6.15. The number of anilines is 1. The molecule has 9 heteroatoms. The summed E-state index contributed by atoms with van der Waals surface area (Å²) in [5.74, 6) is 0.934. The van der Waals surface area contributed by atoms with Crippen LogP contribution in [0.2, 0.25) is 0 Å². The number of aliphatic imine (C=N–C) groups is 2. The van der Waals surface area contributed by atoms with Crippen LogP contribution in [0.15, 0.2) is 28.3 Å². The molecule has 0 bridgehead atoms. The van der Waals surface area contributed by atoms with Gasteiger partial charge in [0.05, 0.1) is 11.9 Å². The van der Waals surface area contributed by atoms with Gasteiger partial charge in [-0.05, 0) is 13.8 Å². The largest absolute Gasteiger partial charge is 0.356 e. The van der Waals surface area contributed by atoms with E-state index in [9.17, 15) is 9.18 Å². The van der Waals surface area contributed by atoms with Crippen LogP contribution in [-0.2, 0) is 4.79 Å². The fourth-order valence-corrected chi connectivity index (χ4v) is 3.33. The maximum atomic E-state index is 13.5. The average Bonchev–Trinajstić information content (AvgIpc) is 3.02. The molecule has 4 rings (SSSR count). The molecule has 8 nitrogen and oxygen atoms in total. The number of amides is 1. The van der Waals surface area contributed by atoms with Gasteiger partial charge in [-0.15, -0.1) is 0 Å². The summed E-state index contributed by atoms with van der Waals surface area (Å²) in [5.41, 5.74) is 1.95. The first-order chi connectivity index (χ1) is 12.4. The third-order valence-electron chi connectivity index (χ3n) is 4.69. The van der Waals surface area contributed by atoms with E-state index >= 15 is 0 Å². The topological polar surface area (TPSA) is 78.5 Å². The highest BCUT2D eigenvalue weighted by Crippen LogP contribution is 2.26. The zero-order valence-corrected chi connectivity index (χ0v) is 14.9. The SMILES string of the molecule is CC1=NC(N(C)CC2CN(c3cc(C)nc4ccnn34)C2)=NC(=O)C1F. The van der Waals surface area contributed by atoms with Crippen LogP contribution < -0.4 is 4.90 Å². The van der Waals surface area contributed by atoms with Crippen molar-refractivity contribution in [2.75, 3.05) is 31.6 Å². The second-order valence-electron chi connectivity index (χ2n) is 6.87. The summed E-state index contributed by atoms with van der Waals surface area (Å²) < 4.78 is 15.3. The lowest BCUT2D eigenvalue weighted by atomic mass is 9.99. The van der Waals surface area contributed by atoms with Crippen LogP contribution in [-0.4, -0.2) is 69.9 Å². The molecule has 0 aromatic carbocycles. The zero-order chi connectivity index (χ0) is 18.4. The standard InChI is InChI=1S/C17H20FN7O/c1-10-6-14(25-13(20-10)4-5-19-25)24-8-12(9-24)7-23(3)17-21-11(2)15(18)16(26)22-17/h4-6,12,15H,7-9H2,1-3H3. The number of hydrogen-bond acceptors (Lipinski definition) is 6. The Hall–Kier alpha value is -2.84. The molecule has 0 N–H and O–H groups in total. The van der Waals surface area contributed by atoms with E-state index in [1.54, 1.807) is 6.20 Å². The van der Waals surface area contributed by atoms with Gasteiger partial charge in [0.15, 0.2) is 5.65 Å². The third kappa shape index (κ3) is 2.83. The van der Waals surface area contributed by atoms with Crippen molar-refractivity contribution in [3.63, 3.8) is 0 Å². The van der Waals surface area contributed by atoms with E-state index < -0.39 is 12.1 Å². The van der Waals surface area contributed by atoms with Crippen molar-refractivity contribution in [2.24, 2.45) is 15.9 Å². The van der Waals surface area contributed by atoms with E-state index in [0.29, 0.717) is 12.5 Å². The Kier molecular flexibility index (Phi) is 3.93. The van der Waals surface area contributed by atoms with E-state index in [1.165, 1.54) is 6.92 Å². The van der Waals surface area contributed by atoms with Crippen LogP contribution in [0.5, 0.6) is 0 Å². The lowest BCUT2D eigenvalue weighted by Crippen LogP contribution is -2.52. The van der Waals surface area contributed by atoms with Crippen molar-refractivity contribution in [3.05, 3.63) is 24.0 Å². The van der Waals surface area contributed by atoms with Crippen LogP contribution in [0.4, 0.5) is 10.2 Å². The van der Waals surface area contributed by atoms with Gasteiger partial charge in [-0.2, -0.15) is 14.6 Å². The fraction of sp³-hybridized carbons (Fsp3) is 0.471. The Labute approximate surface area is 150 Å². The normalized spacial score (nSPS) is 20.8. The molecule has 26 heavy (non-hydrogen) atoms. The minimum atomic E-state index is -1.71. The van der Waals surface area contributed by atoms with E-state index in [2.05, 4.69) is 25.0 Å². The van der Waals surface area contributed by atoms with Crippen molar-refractivity contribution < 1.29 is 9.18 Å². The van der Waals surface area contributed by atoms with E-state index in [1.807, 2.05) is 35.5 Å². The summed E-state index contributed by atoms with van der Waals surface area (Å²) in [6.07, 6.45) is 0.0327. The predicted octanol–water partition coefficient (Wildman–Crippen LogP) is 1.10. The average molecular weight is 357 g/mol. The summed E-state index contributed by atoms with van der Waals surface area (Å²) in [6.45, 7) is 5.90. The van der Waals surface area contributed by atoms with Gasteiger partial charge in [0.25, 0.3) is 5.91 Å². The minimum Gasteiger partial charge on any atom is -0.356 e. The van der Waals surface area contributed by atoms with Gasteiger partial charge < -0.3 is 9.80 Å². The molecule has 0 aliphatic carbocycles. The van der Waals surface area contributed by atoms with E-state index in [4.69, 9.17) is 0 Å². The van der Waals surface area contributed by atoms with Crippen molar-refractivity contribution >= 4 is 29.0 Å². The first-order valence-electron chi connectivity index (χ1n) is 8.51. The van der Waals surface area contributed by atoms with Gasteiger partial charge in [-0.25, -0.2) is 14.4 Å². The number of rotatable bonds is 3. The molecule has 136 valence electrons. The van der Waals surface area contributed by atoms with E-state index in [0.717, 1.165) is 30.2 Å². The van der Waals surface area contributed by atoms with Gasteiger partial charge in [0.1, 0.15) is 5.82 Å². The molecule has 1 unspecified atom stereocenters. The number of carbonyl (C=O) groups excluding carboxylic acids is 1. The Balaban J connectivity index is 1.42. The number of aryl methyl sites for hydroxylation is 1. The number of fused-ring (bicyclic) bond motifs is 1. The van der Waals surface area contributed by atoms with Crippen molar-refractivity contribution in [2.45, 2.75) is 20.0 Å². The summed E-state index contributed by atoms with van der Waals surface area (Å²) in [7, 11) is 1.83. The molecular formula is C17H20FN7O. The summed E-state index contributed by atoms with van der Waals surface area (Å²) in [6, 6.07) is 3.91. The van der Waals surface area contributed by atoms with Gasteiger partial charge in [-0.3, -0.25) is 4.79 Å². The third-order valence-corrected chi connectivity index (χ3v) is 4.69. The molecule has 0 radical (unpaired) electrons. The van der Waals surface area contributed by atoms with Crippen molar-refractivity contribution in [3.8, 4) is 0 Å². The second-order valence-corrected chi connectivity index (χ2v) is 6.87. The number of carbonyl (C=O) groups is 1. The fourth-order valence-electron chi connectivity index (χ4n) is 3.33. The maximum Gasteiger partial charge on any atom is 0.289 e. The summed E-state index contributed by atoms with van der Waals surface area (Å²) in [5, 5.41) is 4.34. The highest BCUT2D eigenvalue weighted by molar-refractivity contribution is 6.16. The molecule has 0 saturated carbocycles. The molecule has 2 aromatic heterocycles. The first-order valence-corrected chi connectivity index (χ1v) is 8.51. The highest BCUT2D eigenvalue weighted by atomic mass is 19.1. The smallest absolute Gasteiger partial charge is 0.289 e. The Morgan fingerprint density at radius 2 is 2.08 bits per heavy atom. The summed E-state index contributed by atoms with van der Waals surface area (Å²) in [4.78, 5) is 27.9. The number of halogens is 1.